The van der Waals surface area contributed by atoms with Gasteiger partial charge in [0.15, 0.2) is 0 Å². The van der Waals surface area contributed by atoms with Crippen LogP contribution in [0.25, 0.3) is 11.0 Å². The molecule has 0 radical (unpaired) electrons. The summed E-state index contributed by atoms with van der Waals surface area (Å²) in [6.07, 6.45) is 2.17. The second-order valence-electron chi connectivity index (χ2n) is 6.55. The lowest BCUT2D eigenvalue weighted by molar-refractivity contribution is 0.0655. The van der Waals surface area contributed by atoms with Gasteiger partial charge in [-0.1, -0.05) is 6.07 Å². The number of hydrogen-bond acceptors (Lipinski definition) is 5. The highest BCUT2D eigenvalue weighted by atomic mass is 35.5. The molecule has 28 heavy (non-hydrogen) atoms. The molecule has 4 heterocycles. The van der Waals surface area contributed by atoms with Gasteiger partial charge in [-0.2, -0.15) is 4.98 Å². The van der Waals surface area contributed by atoms with Crippen LogP contribution in [0.3, 0.4) is 0 Å². The summed E-state index contributed by atoms with van der Waals surface area (Å²) >= 11 is 5.85. The predicted octanol–water partition coefficient (Wildman–Crippen LogP) is 2.86. The molecule has 1 N–H and O–H groups in total. The monoisotopic (exact) mass is 400 g/mol. The SMILES string of the molecule is Cn1nc(Cl)nc1C(=O)N1CCc2[nH]cnc2[C@H]1c1cc2c(F)cccc2o1. The Balaban J connectivity index is 1.65. The smallest absolute Gasteiger partial charge is 0.292 e. The number of benzene rings is 1. The van der Waals surface area contributed by atoms with Crippen LogP contribution in [0.2, 0.25) is 5.28 Å². The van der Waals surface area contributed by atoms with Crippen molar-refractivity contribution < 1.29 is 13.6 Å². The lowest BCUT2D eigenvalue weighted by Gasteiger charge is -2.33. The summed E-state index contributed by atoms with van der Waals surface area (Å²) in [7, 11) is 1.60. The first-order valence-electron chi connectivity index (χ1n) is 8.60. The molecule has 5 rings (SSSR count). The van der Waals surface area contributed by atoms with Crippen molar-refractivity contribution in [2.75, 3.05) is 6.54 Å². The molecule has 0 spiro atoms. The number of aromatic amines is 1. The molecule has 1 amide bonds. The number of nitrogens with one attached hydrogen (secondary N) is 1. The molecular formula is C18H14ClFN6O2. The lowest BCUT2D eigenvalue weighted by atomic mass is 10.00. The number of imidazole rings is 1. The Hall–Kier alpha value is -3.20. The van der Waals surface area contributed by atoms with Gasteiger partial charge in [-0.15, -0.1) is 5.10 Å². The molecule has 4 aromatic rings. The molecule has 1 atom stereocenters. The van der Waals surface area contributed by atoms with Crippen LogP contribution in [-0.2, 0) is 13.5 Å². The summed E-state index contributed by atoms with van der Waals surface area (Å²) in [5.74, 6) is -0.212. The maximum Gasteiger partial charge on any atom is 0.292 e. The predicted molar refractivity (Wildman–Crippen MR) is 97.4 cm³/mol. The van der Waals surface area contributed by atoms with E-state index in [9.17, 15) is 9.18 Å². The van der Waals surface area contributed by atoms with Crippen LogP contribution in [0.5, 0.6) is 0 Å². The number of furan rings is 1. The summed E-state index contributed by atoms with van der Waals surface area (Å²) < 4.78 is 21.4. The van der Waals surface area contributed by atoms with Crippen LogP contribution in [0.1, 0.15) is 33.8 Å². The van der Waals surface area contributed by atoms with Gasteiger partial charge in [0.25, 0.3) is 5.91 Å². The molecule has 0 saturated heterocycles. The Morgan fingerprint density at radius 3 is 3.04 bits per heavy atom. The Labute approximate surface area is 162 Å². The molecule has 1 aromatic carbocycles. The summed E-state index contributed by atoms with van der Waals surface area (Å²) in [4.78, 5) is 26.3. The number of carbonyl (C=O) groups excluding carboxylic acids is 1. The minimum atomic E-state index is -0.621. The van der Waals surface area contributed by atoms with Crippen molar-refractivity contribution in [1.29, 1.82) is 0 Å². The standard InChI is InChI=1S/C18H14ClFN6O2/c1-25-16(23-18(19)24-25)17(27)26-6-5-11-14(22-8-21-11)15(26)13-7-9-10(20)3-2-4-12(9)28-13/h2-4,7-8,15H,5-6H2,1H3,(H,21,22)/t15-/m1/s1. The number of aromatic nitrogens is 5. The van der Waals surface area contributed by atoms with Crippen LogP contribution in [0.15, 0.2) is 35.0 Å². The van der Waals surface area contributed by atoms with Gasteiger partial charge >= 0.3 is 0 Å². The van der Waals surface area contributed by atoms with Crippen molar-refractivity contribution in [3.8, 4) is 0 Å². The molecule has 0 saturated carbocycles. The van der Waals surface area contributed by atoms with Crippen molar-refractivity contribution in [1.82, 2.24) is 29.6 Å². The topological polar surface area (TPSA) is 92.8 Å². The van der Waals surface area contributed by atoms with Crippen molar-refractivity contribution in [3.63, 3.8) is 0 Å². The van der Waals surface area contributed by atoms with Gasteiger partial charge in [-0.3, -0.25) is 4.79 Å². The molecule has 10 heteroatoms. The van der Waals surface area contributed by atoms with Gasteiger partial charge in [0, 0.05) is 25.7 Å². The molecule has 0 fully saturated rings. The van der Waals surface area contributed by atoms with Gasteiger partial charge in [0.05, 0.1) is 17.4 Å². The molecule has 8 nitrogen and oxygen atoms in total. The van der Waals surface area contributed by atoms with Crippen LogP contribution in [0.4, 0.5) is 4.39 Å². The third-order valence-electron chi connectivity index (χ3n) is 4.91. The summed E-state index contributed by atoms with van der Waals surface area (Å²) in [6.45, 7) is 0.405. The van der Waals surface area contributed by atoms with Crippen molar-refractivity contribution in [2.45, 2.75) is 12.5 Å². The van der Waals surface area contributed by atoms with E-state index in [2.05, 4.69) is 20.1 Å². The summed E-state index contributed by atoms with van der Waals surface area (Å²) in [5.41, 5.74) is 1.98. The number of nitrogens with zero attached hydrogens (tertiary/aromatic N) is 5. The van der Waals surface area contributed by atoms with Crippen LogP contribution in [-0.4, -0.2) is 42.1 Å². The highest BCUT2D eigenvalue weighted by Gasteiger charge is 2.38. The van der Waals surface area contributed by atoms with Gasteiger partial charge < -0.3 is 14.3 Å². The van der Waals surface area contributed by atoms with E-state index in [1.54, 1.807) is 36.5 Å². The molecular weight excluding hydrogens is 387 g/mol. The number of aryl methyl sites for hydroxylation is 1. The summed E-state index contributed by atoms with van der Waals surface area (Å²) in [5, 5.41) is 4.28. The van der Waals surface area contributed by atoms with Crippen LogP contribution >= 0.6 is 11.6 Å². The minimum absolute atomic E-state index is 0.00863. The first-order chi connectivity index (χ1) is 13.5. The zero-order valence-corrected chi connectivity index (χ0v) is 15.4. The van der Waals surface area contributed by atoms with Crippen molar-refractivity contribution >= 4 is 28.5 Å². The molecule has 1 aliphatic rings. The minimum Gasteiger partial charge on any atom is -0.458 e. The van der Waals surface area contributed by atoms with Gasteiger partial charge in [-0.05, 0) is 29.8 Å². The van der Waals surface area contributed by atoms with E-state index in [-0.39, 0.29) is 22.8 Å². The number of hydrogen-bond donors (Lipinski definition) is 1. The number of rotatable bonds is 2. The van der Waals surface area contributed by atoms with Gasteiger partial charge in [0.1, 0.15) is 23.2 Å². The van der Waals surface area contributed by atoms with Crippen LogP contribution in [0, 0.1) is 5.82 Å². The lowest BCUT2D eigenvalue weighted by Crippen LogP contribution is -2.41. The Bertz CT molecular complexity index is 1210. The average molecular weight is 401 g/mol. The van der Waals surface area contributed by atoms with Crippen molar-refractivity contribution in [3.05, 3.63) is 64.7 Å². The Kier molecular flexibility index (Phi) is 3.73. The first-order valence-corrected chi connectivity index (χ1v) is 8.98. The van der Waals surface area contributed by atoms with Crippen molar-refractivity contribution in [2.24, 2.45) is 7.05 Å². The van der Waals surface area contributed by atoms with E-state index >= 15 is 0 Å². The van der Waals surface area contributed by atoms with Gasteiger partial charge in [0.2, 0.25) is 11.1 Å². The fraction of sp³-hybridized carbons (Fsp3) is 0.222. The van der Waals surface area contributed by atoms with E-state index < -0.39 is 6.04 Å². The zero-order valence-electron chi connectivity index (χ0n) is 14.7. The number of carbonyl (C=O) groups is 1. The van der Waals surface area contributed by atoms with E-state index in [1.165, 1.54) is 10.7 Å². The summed E-state index contributed by atoms with van der Waals surface area (Å²) in [6, 6.07) is 5.63. The number of halogens is 2. The maximum absolute atomic E-state index is 14.2. The fourth-order valence-electron chi connectivity index (χ4n) is 3.63. The largest absolute Gasteiger partial charge is 0.458 e. The maximum atomic E-state index is 14.2. The zero-order chi connectivity index (χ0) is 19.4. The van der Waals surface area contributed by atoms with E-state index in [4.69, 9.17) is 16.0 Å². The number of fused-ring (bicyclic) bond motifs is 2. The molecule has 0 aliphatic carbocycles. The van der Waals surface area contributed by atoms with E-state index in [0.29, 0.717) is 35.4 Å². The highest BCUT2D eigenvalue weighted by Crippen LogP contribution is 2.37. The molecule has 0 unspecified atom stereocenters. The fourth-order valence-corrected chi connectivity index (χ4v) is 3.82. The second-order valence-corrected chi connectivity index (χ2v) is 6.88. The quantitative estimate of drug-likeness (QED) is 0.558. The third kappa shape index (κ3) is 2.50. The first kappa shape index (κ1) is 16.9. The van der Waals surface area contributed by atoms with Gasteiger partial charge in [-0.25, -0.2) is 14.1 Å². The Morgan fingerprint density at radius 2 is 2.29 bits per heavy atom. The number of H-pyrrole nitrogens is 1. The third-order valence-corrected chi connectivity index (χ3v) is 5.07. The van der Waals surface area contributed by atoms with E-state index in [0.717, 1.165) is 5.69 Å². The number of amides is 1. The molecule has 142 valence electrons. The highest BCUT2D eigenvalue weighted by molar-refractivity contribution is 6.28. The Morgan fingerprint density at radius 1 is 1.43 bits per heavy atom. The second kappa shape index (κ2) is 6.16. The van der Waals surface area contributed by atoms with Crippen LogP contribution < -0.4 is 0 Å². The average Bonchev–Trinajstić information content (AvgIpc) is 3.38. The van der Waals surface area contributed by atoms with E-state index in [1.807, 2.05) is 0 Å². The molecule has 1 aliphatic heterocycles. The normalized spacial score (nSPS) is 16.5. The molecule has 0 bridgehead atoms. The molecule has 3 aromatic heterocycles.